The maximum Gasteiger partial charge on any atom is 0.414 e. The highest BCUT2D eigenvalue weighted by atomic mass is 35.5. The molecule has 7 rings (SSSR count). The first-order valence-corrected chi connectivity index (χ1v) is 15.2. The number of pyridine rings is 1. The van der Waals surface area contributed by atoms with Gasteiger partial charge < -0.3 is 18.8 Å². The lowest BCUT2D eigenvalue weighted by atomic mass is 9.93. The van der Waals surface area contributed by atoms with Crippen molar-refractivity contribution in [2.24, 2.45) is 0 Å². The molecule has 1 amide bonds. The minimum absolute atomic E-state index is 0.0917. The molecule has 3 aliphatic heterocycles. The summed E-state index contributed by atoms with van der Waals surface area (Å²) in [7, 11) is 0. The van der Waals surface area contributed by atoms with Crippen LogP contribution in [-0.2, 0) is 29.2 Å². The second-order valence-corrected chi connectivity index (χ2v) is 11.8. The Morgan fingerprint density at radius 3 is 2.60 bits per heavy atom. The molecule has 3 saturated heterocycles. The van der Waals surface area contributed by atoms with Gasteiger partial charge in [0.1, 0.15) is 24.9 Å². The van der Waals surface area contributed by atoms with E-state index in [4.69, 9.17) is 35.8 Å². The van der Waals surface area contributed by atoms with Crippen molar-refractivity contribution in [2.45, 2.75) is 51.0 Å². The van der Waals surface area contributed by atoms with E-state index in [-0.39, 0.29) is 24.6 Å². The number of benzene rings is 2. The number of nitrogens with zero attached hydrogens (tertiary/aromatic N) is 5. The molecule has 3 fully saturated rings. The lowest BCUT2D eigenvalue weighted by Crippen LogP contribution is -2.35. The summed E-state index contributed by atoms with van der Waals surface area (Å²) < 4.78 is 33.2. The highest BCUT2D eigenvalue weighted by Gasteiger charge is 2.28. The fourth-order valence-electron chi connectivity index (χ4n) is 6.04. The van der Waals surface area contributed by atoms with Gasteiger partial charge in [-0.15, -0.1) is 0 Å². The number of hydrogen-bond donors (Lipinski definition) is 0. The molecule has 11 heteroatoms. The molecule has 43 heavy (non-hydrogen) atoms. The van der Waals surface area contributed by atoms with Gasteiger partial charge in [-0.3, -0.25) is 9.80 Å². The quantitative estimate of drug-likeness (QED) is 0.234. The number of halogens is 2. The maximum absolute atomic E-state index is 14.2. The van der Waals surface area contributed by atoms with Gasteiger partial charge in [0.2, 0.25) is 5.88 Å². The number of hydrogen-bond acceptors (Lipinski definition) is 7. The van der Waals surface area contributed by atoms with Crippen LogP contribution >= 0.6 is 11.6 Å². The van der Waals surface area contributed by atoms with Crippen LogP contribution in [0.25, 0.3) is 11.0 Å². The van der Waals surface area contributed by atoms with Gasteiger partial charge in [-0.1, -0.05) is 23.7 Å². The summed E-state index contributed by atoms with van der Waals surface area (Å²) in [6.07, 6.45) is 2.87. The van der Waals surface area contributed by atoms with Crippen LogP contribution in [0.15, 0.2) is 54.6 Å². The Kier molecular flexibility index (Phi) is 7.90. The number of carbonyl (C=O) groups excluding carboxylic acids is 1. The number of aromatic nitrogens is 3. The van der Waals surface area contributed by atoms with E-state index in [1.165, 1.54) is 6.07 Å². The van der Waals surface area contributed by atoms with Crippen molar-refractivity contribution in [3.63, 3.8) is 0 Å². The van der Waals surface area contributed by atoms with Crippen molar-refractivity contribution in [2.75, 3.05) is 37.7 Å². The van der Waals surface area contributed by atoms with Crippen LogP contribution in [0.5, 0.6) is 5.88 Å². The molecule has 0 spiro atoms. The lowest BCUT2D eigenvalue weighted by Gasteiger charge is -2.32. The molecule has 1 atom stereocenters. The topological polar surface area (TPSA) is 82.0 Å². The molecule has 1 unspecified atom stereocenters. The number of cyclic esters (lactones) is 1. The van der Waals surface area contributed by atoms with Crippen molar-refractivity contribution in [1.29, 1.82) is 0 Å². The molecular weight excluding hydrogens is 573 g/mol. The van der Waals surface area contributed by atoms with E-state index < -0.39 is 0 Å². The summed E-state index contributed by atoms with van der Waals surface area (Å²) >= 11 is 5.86. The van der Waals surface area contributed by atoms with E-state index in [0.29, 0.717) is 35.5 Å². The molecule has 2 aromatic carbocycles. The summed E-state index contributed by atoms with van der Waals surface area (Å²) in [4.78, 5) is 26.0. The third kappa shape index (κ3) is 6.04. The predicted octanol–water partition coefficient (Wildman–Crippen LogP) is 5.93. The van der Waals surface area contributed by atoms with E-state index in [1.807, 2.05) is 24.3 Å². The molecule has 224 valence electrons. The molecule has 0 bridgehead atoms. The third-order valence-corrected chi connectivity index (χ3v) is 8.80. The second-order valence-electron chi connectivity index (χ2n) is 11.3. The van der Waals surface area contributed by atoms with Crippen molar-refractivity contribution >= 4 is 34.4 Å². The van der Waals surface area contributed by atoms with Gasteiger partial charge in [0.15, 0.2) is 0 Å². The van der Waals surface area contributed by atoms with E-state index >= 15 is 0 Å². The molecule has 9 nitrogen and oxygen atoms in total. The minimum atomic E-state index is -0.387. The van der Waals surface area contributed by atoms with E-state index in [1.54, 1.807) is 23.1 Å². The van der Waals surface area contributed by atoms with Crippen LogP contribution < -0.4 is 9.64 Å². The Morgan fingerprint density at radius 2 is 1.86 bits per heavy atom. The Balaban J connectivity index is 1.02. The van der Waals surface area contributed by atoms with E-state index in [0.717, 1.165) is 80.3 Å². The van der Waals surface area contributed by atoms with Gasteiger partial charge in [-0.05, 0) is 68.8 Å². The fourth-order valence-corrected chi connectivity index (χ4v) is 6.20. The van der Waals surface area contributed by atoms with Crippen molar-refractivity contribution in [1.82, 2.24) is 19.4 Å². The summed E-state index contributed by atoms with van der Waals surface area (Å²) in [5.74, 6) is 1.43. The summed E-state index contributed by atoms with van der Waals surface area (Å²) in [6.45, 7) is 5.19. The fraction of sp³-hybridized carbons (Fsp3) is 0.406. The number of anilines is 1. The third-order valence-electron chi connectivity index (χ3n) is 8.57. The number of likely N-dealkylation sites (tertiary alicyclic amines) is 1. The van der Waals surface area contributed by atoms with Crippen LogP contribution in [0, 0.1) is 5.82 Å². The van der Waals surface area contributed by atoms with E-state index in [9.17, 15) is 9.18 Å². The number of ether oxygens (including phenoxy) is 3. The van der Waals surface area contributed by atoms with Crippen molar-refractivity contribution < 1.29 is 23.4 Å². The molecule has 0 aliphatic carbocycles. The van der Waals surface area contributed by atoms with Gasteiger partial charge in [0.25, 0.3) is 0 Å². The first-order chi connectivity index (χ1) is 21.0. The first kappa shape index (κ1) is 28.1. The number of rotatable bonds is 9. The van der Waals surface area contributed by atoms with Gasteiger partial charge in [-0.25, -0.2) is 19.2 Å². The van der Waals surface area contributed by atoms with Crippen LogP contribution in [0.1, 0.15) is 42.3 Å². The monoisotopic (exact) mass is 605 g/mol. The average Bonchev–Trinajstić information content (AvgIpc) is 3.57. The zero-order valence-electron chi connectivity index (χ0n) is 23.8. The Hall–Kier alpha value is -3.73. The smallest absolute Gasteiger partial charge is 0.414 e. The van der Waals surface area contributed by atoms with E-state index in [2.05, 4.69) is 15.5 Å². The molecule has 0 saturated carbocycles. The zero-order chi connectivity index (χ0) is 29.3. The first-order valence-electron chi connectivity index (χ1n) is 14.8. The number of fused-ring (bicyclic) bond motifs is 1. The lowest BCUT2D eigenvalue weighted by molar-refractivity contribution is -0.0592. The normalized spacial score (nSPS) is 19.5. The summed E-state index contributed by atoms with van der Waals surface area (Å²) in [5, 5.41) is 0.359. The van der Waals surface area contributed by atoms with Crippen LogP contribution in [0.2, 0.25) is 5.02 Å². The standard InChI is InChI=1S/C32H33ClFN5O4/c33-23-5-4-22(26(34)16-23)20-43-31-3-1-2-27(36-31)21-8-11-37(12-9-21)19-30-35-28-17-24(38-13-15-42-32(38)40)6-7-29(28)39(30)18-25-10-14-41-25/h1-7,16-17,21,25H,8-15,18-20H2. The largest absolute Gasteiger partial charge is 0.473 e. The average molecular weight is 606 g/mol. The number of amides is 1. The summed E-state index contributed by atoms with van der Waals surface area (Å²) in [5.41, 5.74) is 4.17. The molecule has 0 radical (unpaired) electrons. The SMILES string of the molecule is O=C1OCCN1c1ccc2c(c1)nc(CN1CCC(c3cccc(OCc4ccc(Cl)cc4F)n3)CC1)n2CC1CCO1. The van der Waals surface area contributed by atoms with Crippen LogP contribution in [0.4, 0.5) is 14.9 Å². The predicted molar refractivity (Wildman–Crippen MR) is 160 cm³/mol. The van der Waals surface area contributed by atoms with Gasteiger partial charge in [0, 0.05) is 40.6 Å². The molecule has 4 aromatic rings. The minimum Gasteiger partial charge on any atom is -0.473 e. The van der Waals surface area contributed by atoms with Gasteiger partial charge in [-0.2, -0.15) is 0 Å². The number of carbonyl (C=O) groups is 1. The number of imidazole rings is 1. The molecule has 3 aliphatic rings. The van der Waals surface area contributed by atoms with Crippen molar-refractivity contribution in [3.05, 3.63) is 82.5 Å². The van der Waals surface area contributed by atoms with Crippen LogP contribution in [-0.4, -0.2) is 64.5 Å². The highest BCUT2D eigenvalue weighted by molar-refractivity contribution is 6.30. The van der Waals surface area contributed by atoms with Gasteiger partial charge >= 0.3 is 6.09 Å². The highest BCUT2D eigenvalue weighted by Crippen LogP contribution is 2.31. The maximum atomic E-state index is 14.2. The molecule has 2 aromatic heterocycles. The van der Waals surface area contributed by atoms with Crippen molar-refractivity contribution in [3.8, 4) is 5.88 Å². The molecule has 0 N–H and O–H groups in total. The Labute approximate surface area is 254 Å². The van der Waals surface area contributed by atoms with Crippen LogP contribution in [0.3, 0.4) is 0 Å². The Morgan fingerprint density at radius 1 is 1.00 bits per heavy atom. The molecular formula is C32H33ClFN5O4. The summed E-state index contributed by atoms with van der Waals surface area (Å²) in [6, 6.07) is 16.4. The molecule has 5 heterocycles. The Bertz CT molecular complexity index is 1640. The second kappa shape index (κ2) is 12.1. The van der Waals surface area contributed by atoms with Gasteiger partial charge in [0.05, 0.1) is 36.8 Å². The zero-order valence-corrected chi connectivity index (χ0v) is 24.5. The number of piperidine rings is 1.